The van der Waals surface area contributed by atoms with Crippen LogP contribution in [0.15, 0.2) is 12.3 Å². The Labute approximate surface area is 47.4 Å². The second kappa shape index (κ2) is 2.47. The zero-order valence-electron chi connectivity index (χ0n) is 4.42. The highest BCUT2D eigenvalue weighted by Crippen LogP contribution is 1.90. The van der Waals surface area contributed by atoms with E-state index < -0.39 is 0 Å². The number of hydrogen-bond acceptors (Lipinski definition) is 1. The maximum absolute atomic E-state index is 9.94. The lowest BCUT2D eigenvalue weighted by Gasteiger charge is -1.82. The molecule has 0 aliphatic rings. The van der Waals surface area contributed by atoms with E-state index in [0.29, 0.717) is 6.42 Å². The van der Waals surface area contributed by atoms with Crippen LogP contribution in [-0.2, 0) is 11.5 Å². The Morgan fingerprint density at radius 2 is 2.62 bits per heavy atom. The van der Waals surface area contributed by atoms with E-state index in [4.69, 9.17) is 0 Å². The van der Waals surface area contributed by atoms with Crippen molar-refractivity contribution in [1.29, 1.82) is 0 Å². The van der Waals surface area contributed by atoms with Crippen LogP contribution in [0.4, 0.5) is 0 Å². The number of H-pyrrole nitrogens is 1. The number of nitrogens with zero attached hydrogens (tertiary/aromatic N) is 1. The largest absolute Gasteiger partial charge is 0.285 e. The first-order valence-corrected chi connectivity index (χ1v) is 2.50. The molecule has 0 saturated carbocycles. The molecule has 3 heteroatoms. The number of hydrogen-bond donors (Lipinski definition) is 1. The molecule has 0 aromatic carbocycles. The number of aromatic nitrogens is 2. The third-order valence-electron chi connectivity index (χ3n) is 0.917. The SMILES string of the molecule is [O]CCc1cc[nH]n1. The van der Waals surface area contributed by atoms with Crippen LogP contribution in [0.25, 0.3) is 0 Å². The van der Waals surface area contributed by atoms with Crippen molar-refractivity contribution < 1.29 is 5.11 Å². The summed E-state index contributed by atoms with van der Waals surface area (Å²) in [6.07, 6.45) is 2.24. The van der Waals surface area contributed by atoms with Gasteiger partial charge in [-0.25, -0.2) is 5.11 Å². The molecule has 1 rings (SSSR count). The second-order valence-corrected chi connectivity index (χ2v) is 1.52. The average molecular weight is 111 g/mol. The summed E-state index contributed by atoms with van der Waals surface area (Å²) in [7, 11) is 0. The topological polar surface area (TPSA) is 48.6 Å². The van der Waals surface area contributed by atoms with Crippen LogP contribution in [0, 0.1) is 0 Å². The van der Waals surface area contributed by atoms with Crippen molar-refractivity contribution in [2.45, 2.75) is 6.42 Å². The molecule has 1 aromatic heterocycles. The molecule has 3 nitrogen and oxygen atoms in total. The van der Waals surface area contributed by atoms with E-state index in [-0.39, 0.29) is 6.61 Å². The summed E-state index contributed by atoms with van der Waals surface area (Å²) < 4.78 is 0. The van der Waals surface area contributed by atoms with Crippen molar-refractivity contribution >= 4 is 0 Å². The minimum absolute atomic E-state index is 0.0785. The summed E-state index contributed by atoms with van der Waals surface area (Å²) in [6, 6.07) is 1.80. The van der Waals surface area contributed by atoms with Crippen molar-refractivity contribution in [3.8, 4) is 0 Å². The highest BCUT2D eigenvalue weighted by molar-refractivity contribution is 4.96. The third kappa shape index (κ3) is 1.07. The molecule has 1 aromatic rings. The molecule has 1 heterocycles. The van der Waals surface area contributed by atoms with Gasteiger partial charge in [-0.3, -0.25) is 5.10 Å². The molecular weight excluding hydrogens is 104 g/mol. The summed E-state index contributed by atoms with van der Waals surface area (Å²) in [5.41, 5.74) is 0.847. The molecule has 0 spiro atoms. The van der Waals surface area contributed by atoms with Gasteiger partial charge in [0.25, 0.3) is 0 Å². The van der Waals surface area contributed by atoms with E-state index >= 15 is 0 Å². The quantitative estimate of drug-likeness (QED) is 0.589. The molecule has 8 heavy (non-hydrogen) atoms. The molecule has 0 amide bonds. The standard InChI is InChI=1S/C5H7N2O/c8-4-2-5-1-3-6-7-5/h1,3H,2,4H2,(H,6,7). The van der Waals surface area contributed by atoms with Gasteiger partial charge >= 0.3 is 0 Å². The van der Waals surface area contributed by atoms with Crippen LogP contribution in [0.1, 0.15) is 5.69 Å². The van der Waals surface area contributed by atoms with Crippen LogP contribution >= 0.6 is 0 Å². The molecule has 43 valence electrons. The fourth-order valence-electron chi connectivity index (χ4n) is 0.535. The lowest BCUT2D eigenvalue weighted by atomic mass is 10.3. The van der Waals surface area contributed by atoms with Crippen LogP contribution in [0.3, 0.4) is 0 Å². The molecule has 0 aliphatic carbocycles. The summed E-state index contributed by atoms with van der Waals surface area (Å²) in [6.45, 7) is -0.0785. The molecular formula is C5H7N2O. The monoisotopic (exact) mass is 111 g/mol. The molecule has 0 saturated heterocycles. The molecule has 1 radical (unpaired) electrons. The van der Waals surface area contributed by atoms with Crippen molar-refractivity contribution in [2.24, 2.45) is 0 Å². The first kappa shape index (κ1) is 5.31. The Hall–Kier alpha value is -0.830. The van der Waals surface area contributed by atoms with Gasteiger partial charge in [0.2, 0.25) is 0 Å². The highest BCUT2D eigenvalue weighted by Gasteiger charge is 1.89. The van der Waals surface area contributed by atoms with Crippen LogP contribution in [0.2, 0.25) is 0 Å². The maximum atomic E-state index is 9.94. The zero-order valence-corrected chi connectivity index (χ0v) is 4.42. The van der Waals surface area contributed by atoms with Gasteiger partial charge in [-0.1, -0.05) is 0 Å². The Morgan fingerprint density at radius 1 is 1.75 bits per heavy atom. The van der Waals surface area contributed by atoms with Gasteiger partial charge in [-0.05, 0) is 6.07 Å². The van der Waals surface area contributed by atoms with Gasteiger partial charge in [-0.15, -0.1) is 0 Å². The maximum Gasteiger partial charge on any atom is 0.0878 e. The predicted molar refractivity (Wildman–Crippen MR) is 27.8 cm³/mol. The molecule has 1 N–H and O–H groups in total. The Morgan fingerprint density at radius 3 is 3.12 bits per heavy atom. The Bertz CT molecular complexity index is 136. The smallest absolute Gasteiger partial charge is 0.0878 e. The fraction of sp³-hybridized carbons (Fsp3) is 0.400. The van der Waals surface area contributed by atoms with Crippen molar-refractivity contribution in [1.82, 2.24) is 10.2 Å². The lowest BCUT2D eigenvalue weighted by molar-refractivity contribution is 0.196. The van der Waals surface area contributed by atoms with Gasteiger partial charge in [0, 0.05) is 12.6 Å². The van der Waals surface area contributed by atoms with Crippen LogP contribution < -0.4 is 0 Å². The second-order valence-electron chi connectivity index (χ2n) is 1.52. The Balaban J connectivity index is 2.50. The van der Waals surface area contributed by atoms with E-state index in [9.17, 15) is 5.11 Å². The van der Waals surface area contributed by atoms with E-state index in [0.717, 1.165) is 5.69 Å². The van der Waals surface area contributed by atoms with Gasteiger partial charge < -0.3 is 0 Å². The average Bonchev–Trinajstić information content (AvgIpc) is 2.19. The zero-order chi connectivity index (χ0) is 5.82. The van der Waals surface area contributed by atoms with Crippen molar-refractivity contribution in [2.75, 3.05) is 6.61 Å². The van der Waals surface area contributed by atoms with E-state index in [1.807, 2.05) is 0 Å². The normalized spacial score (nSPS) is 9.62. The summed E-state index contributed by atoms with van der Waals surface area (Å²) in [4.78, 5) is 0. The number of rotatable bonds is 2. The molecule has 0 unspecified atom stereocenters. The summed E-state index contributed by atoms with van der Waals surface area (Å²) in [5.74, 6) is 0. The highest BCUT2D eigenvalue weighted by atomic mass is 16.3. The van der Waals surface area contributed by atoms with E-state index in [1.54, 1.807) is 12.3 Å². The van der Waals surface area contributed by atoms with E-state index in [1.165, 1.54) is 0 Å². The molecule has 0 aliphatic heterocycles. The molecule has 0 bridgehead atoms. The summed E-state index contributed by atoms with van der Waals surface area (Å²) in [5, 5.41) is 16.3. The number of nitrogens with one attached hydrogen (secondary N) is 1. The summed E-state index contributed by atoms with van der Waals surface area (Å²) >= 11 is 0. The van der Waals surface area contributed by atoms with Crippen molar-refractivity contribution in [3.63, 3.8) is 0 Å². The minimum atomic E-state index is -0.0785. The van der Waals surface area contributed by atoms with Gasteiger partial charge in [-0.2, -0.15) is 5.10 Å². The van der Waals surface area contributed by atoms with E-state index in [2.05, 4.69) is 10.2 Å². The lowest BCUT2D eigenvalue weighted by Crippen LogP contribution is -1.87. The third-order valence-corrected chi connectivity index (χ3v) is 0.917. The van der Waals surface area contributed by atoms with Crippen LogP contribution in [0.5, 0.6) is 0 Å². The number of aromatic amines is 1. The first-order valence-electron chi connectivity index (χ1n) is 2.50. The van der Waals surface area contributed by atoms with Crippen LogP contribution in [-0.4, -0.2) is 16.8 Å². The van der Waals surface area contributed by atoms with Gasteiger partial charge in [0.15, 0.2) is 0 Å². The predicted octanol–water partition coefficient (Wildman–Crippen LogP) is 0.383. The Kier molecular flexibility index (Phi) is 1.64. The first-order chi connectivity index (χ1) is 3.93. The minimum Gasteiger partial charge on any atom is -0.285 e. The fourth-order valence-corrected chi connectivity index (χ4v) is 0.535. The van der Waals surface area contributed by atoms with Gasteiger partial charge in [0.05, 0.1) is 12.3 Å². The molecule has 0 atom stereocenters. The molecule has 0 fully saturated rings. The van der Waals surface area contributed by atoms with Gasteiger partial charge in [0.1, 0.15) is 0 Å². The van der Waals surface area contributed by atoms with Crippen molar-refractivity contribution in [3.05, 3.63) is 18.0 Å².